The summed E-state index contributed by atoms with van der Waals surface area (Å²) in [5.41, 5.74) is 1.53. The average Bonchev–Trinajstić information content (AvgIpc) is 3.07. The molecule has 1 aliphatic heterocycles. The van der Waals surface area contributed by atoms with E-state index in [1.807, 2.05) is 0 Å². The van der Waals surface area contributed by atoms with Gasteiger partial charge in [0.15, 0.2) is 0 Å². The van der Waals surface area contributed by atoms with Gasteiger partial charge in [0.05, 0.1) is 25.3 Å². The van der Waals surface area contributed by atoms with Gasteiger partial charge in [-0.3, -0.25) is 24.6 Å². The number of thioether (sulfide) groups is 1. The second-order valence-electron chi connectivity index (χ2n) is 7.49. The second-order valence-corrected chi connectivity index (χ2v) is 11.0. The van der Waals surface area contributed by atoms with Crippen LogP contribution in [0.15, 0.2) is 68.4 Å². The zero-order chi connectivity index (χ0) is 26.0. The van der Waals surface area contributed by atoms with Gasteiger partial charge in [-0.05, 0) is 79.5 Å². The van der Waals surface area contributed by atoms with E-state index in [9.17, 15) is 19.7 Å². The molecule has 1 aliphatic rings. The molecule has 0 N–H and O–H groups in total. The summed E-state index contributed by atoms with van der Waals surface area (Å²) in [5.74, 6) is 0.00996. The maximum Gasteiger partial charge on any atom is 0.293 e. The molecule has 3 aromatic rings. The van der Waals surface area contributed by atoms with E-state index in [2.05, 4.69) is 31.9 Å². The number of carbonyl (C=O) groups excluding carboxylic acids is 2. The molecule has 1 heterocycles. The minimum Gasteiger partial charge on any atom is -0.486 e. The van der Waals surface area contributed by atoms with Gasteiger partial charge in [-0.15, -0.1) is 0 Å². The third-order valence-corrected chi connectivity index (χ3v) is 7.77. The van der Waals surface area contributed by atoms with Crippen molar-refractivity contribution in [3.63, 3.8) is 0 Å². The second kappa shape index (κ2) is 11.4. The lowest BCUT2D eigenvalue weighted by Gasteiger charge is -2.13. The Hall–Kier alpha value is -2.37. The number of nitro benzene ring substituents is 1. The minimum atomic E-state index is -0.538. The Morgan fingerprint density at radius 3 is 2.39 bits per heavy atom. The summed E-state index contributed by atoms with van der Waals surface area (Å²) in [6.07, 6.45) is 1.58. The van der Waals surface area contributed by atoms with E-state index < -0.39 is 16.1 Å². The lowest BCUT2D eigenvalue weighted by atomic mass is 10.1. The van der Waals surface area contributed by atoms with Gasteiger partial charge >= 0.3 is 0 Å². The molecule has 2 amide bonds. The van der Waals surface area contributed by atoms with Gasteiger partial charge in [0.25, 0.3) is 16.8 Å². The minimum absolute atomic E-state index is 0.149. The first-order chi connectivity index (χ1) is 17.1. The van der Waals surface area contributed by atoms with Crippen LogP contribution in [0.2, 0.25) is 10.0 Å². The zero-order valence-corrected chi connectivity index (χ0v) is 23.5. The summed E-state index contributed by atoms with van der Waals surface area (Å²) < 4.78 is 7.16. The van der Waals surface area contributed by atoms with Crippen LogP contribution in [-0.2, 0) is 17.9 Å². The van der Waals surface area contributed by atoms with E-state index in [4.69, 9.17) is 27.9 Å². The quantitative estimate of drug-likeness (QED) is 0.143. The summed E-state index contributed by atoms with van der Waals surface area (Å²) in [7, 11) is 0. The SMILES string of the molecule is O=C1S/C(=C\c2cc(Br)c(OCc3ccc(Cl)cc3Cl)c(Br)c2)C(=O)N1Cc1ccccc1[N+](=O)[O-]. The van der Waals surface area contributed by atoms with E-state index in [-0.39, 0.29) is 29.3 Å². The lowest BCUT2D eigenvalue weighted by molar-refractivity contribution is -0.385. The number of benzene rings is 3. The molecule has 7 nitrogen and oxygen atoms in total. The number of hydrogen-bond donors (Lipinski definition) is 0. The van der Waals surface area contributed by atoms with Crippen LogP contribution >= 0.6 is 66.8 Å². The van der Waals surface area contributed by atoms with Crippen molar-refractivity contribution < 1.29 is 19.2 Å². The molecular formula is C24H14Br2Cl2N2O5S. The van der Waals surface area contributed by atoms with Crippen molar-refractivity contribution >= 4 is 89.7 Å². The molecule has 3 aromatic carbocycles. The third-order valence-electron chi connectivity index (χ3n) is 5.10. The summed E-state index contributed by atoms with van der Waals surface area (Å²) in [4.78, 5) is 37.4. The number of imide groups is 1. The van der Waals surface area contributed by atoms with Crippen LogP contribution in [0.5, 0.6) is 5.75 Å². The molecular weight excluding hydrogens is 659 g/mol. The van der Waals surface area contributed by atoms with Crippen molar-refractivity contribution in [2.24, 2.45) is 0 Å². The molecule has 0 unspecified atom stereocenters. The largest absolute Gasteiger partial charge is 0.486 e. The van der Waals surface area contributed by atoms with Crippen LogP contribution in [0.1, 0.15) is 16.7 Å². The smallest absolute Gasteiger partial charge is 0.293 e. The van der Waals surface area contributed by atoms with Crippen LogP contribution in [0.3, 0.4) is 0 Å². The van der Waals surface area contributed by atoms with Gasteiger partial charge < -0.3 is 4.74 Å². The Labute approximate surface area is 236 Å². The van der Waals surface area contributed by atoms with Crippen molar-refractivity contribution in [1.82, 2.24) is 4.90 Å². The Bertz CT molecular complexity index is 1410. The normalized spacial score (nSPS) is 14.6. The molecule has 4 rings (SSSR count). The van der Waals surface area contributed by atoms with E-state index >= 15 is 0 Å². The monoisotopic (exact) mass is 670 g/mol. The standard InChI is InChI=1S/C24H14Br2Cl2N2O5S/c25-17-7-13(8-18(26)22(17)35-12-15-5-6-16(27)10-19(15)28)9-21-23(31)29(24(32)36-21)11-14-3-1-2-4-20(14)30(33)34/h1-10H,11-12H2/b21-9-. The van der Waals surface area contributed by atoms with E-state index in [1.165, 1.54) is 18.2 Å². The van der Waals surface area contributed by atoms with Crippen molar-refractivity contribution in [1.29, 1.82) is 0 Å². The summed E-state index contributed by atoms with van der Waals surface area (Å²) in [6, 6.07) is 14.7. The van der Waals surface area contributed by atoms with Crippen molar-refractivity contribution in [2.45, 2.75) is 13.2 Å². The predicted molar refractivity (Wildman–Crippen MR) is 147 cm³/mol. The molecule has 1 saturated heterocycles. The van der Waals surface area contributed by atoms with Crippen molar-refractivity contribution in [3.8, 4) is 5.75 Å². The van der Waals surface area contributed by atoms with Gasteiger partial charge in [0, 0.05) is 27.2 Å². The summed E-state index contributed by atoms with van der Waals surface area (Å²) in [6.45, 7) is 0.0175. The molecule has 0 spiro atoms. The maximum atomic E-state index is 12.9. The Morgan fingerprint density at radius 2 is 1.72 bits per heavy atom. The van der Waals surface area contributed by atoms with Gasteiger partial charge in [0.2, 0.25) is 0 Å². The highest BCUT2D eigenvalue weighted by molar-refractivity contribution is 9.11. The molecule has 0 aliphatic carbocycles. The molecule has 0 atom stereocenters. The topological polar surface area (TPSA) is 89.8 Å². The molecule has 0 aromatic heterocycles. The lowest BCUT2D eigenvalue weighted by Crippen LogP contribution is -2.27. The highest BCUT2D eigenvalue weighted by atomic mass is 79.9. The van der Waals surface area contributed by atoms with E-state index in [0.717, 1.165) is 22.2 Å². The number of nitrogens with zero attached hydrogens (tertiary/aromatic N) is 2. The number of ether oxygens (including phenoxy) is 1. The van der Waals surface area contributed by atoms with E-state index in [0.29, 0.717) is 30.3 Å². The number of para-hydroxylation sites is 1. The van der Waals surface area contributed by atoms with Gasteiger partial charge in [-0.1, -0.05) is 47.5 Å². The van der Waals surface area contributed by atoms with Crippen LogP contribution in [0, 0.1) is 10.1 Å². The third kappa shape index (κ3) is 5.95. The van der Waals surface area contributed by atoms with Gasteiger partial charge in [-0.25, -0.2) is 0 Å². The fraction of sp³-hybridized carbons (Fsp3) is 0.0833. The van der Waals surface area contributed by atoms with Crippen LogP contribution < -0.4 is 4.74 Å². The fourth-order valence-electron chi connectivity index (χ4n) is 3.37. The van der Waals surface area contributed by atoms with Crippen molar-refractivity contribution in [2.75, 3.05) is 0 Å². The highest BCUT2D eigenvalue weighted by Gasteiger charge is 2.36. The Kier molecular flexibility index (Phi) is 8.41. The number of halogens is 4. The highest BCUT2D eigenvalue weighted by Crippen LogP contribution is 2.39. The maximum absolute atomic E-state index is 12.9. The van der Waals surface area contributed by atoms with Gasteiger partial charge in [-0.2, -0.15) is 0 Å². The van der Waals surface area contributed by atoms with Crippen LogP contribution in [0.4, 0.5) is 10.5 Å². The van der Waals surface area contributed by atoms with Crippen LogP contribution in [0.25, 0.3) is 6.08 Å². The number of rotatable bonds is 7. The molecule has 0 saturated carbocycles. The first-order valence-electron chi connectivity index (χ1n) is 10.2. The van der Waals surface area contributed by atoms with Crippen molar-refractivity contribution in [3.05, 3.63) is 105 Å². The average molecular weight is 673 g/mol. The Morgan fingerprint density at radius 1 is 1.03 bits per heavy atom. The fourth-order valence-corrected chi connectivity index (χ4v) is 6.12. The molecule has 12 heteroatoms. The number of hydrogen-bond acceptors (Lipinski definition) is 6. The van der Waals surface area contributed by atoms with Gasteiger partial charge in [0.1, 0.15) is 12.4 Å². The molecule has 0 bridgehead atoms. The predicted octanol–water partition coefficient (Wildman–Crippen LogP) is 8.24. The summed E-state index contributed by atoms with van der Waals surface area (Å²) in [5, 5.41) is 11.8. The number of amides is 2. The molecule has 0 radical (unpaired) electrons. The van der Waals surface area contributed by atoms with E-state index in [1.54, 1.807) is 42.5 Å². The molecule has 184 valence electrons. The number of carbonyl (C=O) groups is 2. The molecule has 36 heavy (non-hydrogen) atoms. The van der Waals surface area contributed by atoms with Crippen LogP contribution in [-0.4, -0.2) is 21.0 Å². The first kappa shape index (κ1) is 26.7. The first-order valence-corrected chi connectivity index (χ1v) is 13.3. The summed E-state index contributed by atoms with van der Waals surface area (Å²) >= 11 is 19.9. The number of nitro groups is 1. The molecule has 1 fully saturated rings. The zero-order valence-electron chi connectivity index (χ0n) is 18.0. The Balaban J connectivity index is 1.52.